The van der Waals surface area contributed by atoms with Gasteiger partial charge < -0.3 is 20.5 Å². The Kier molecular flexibility index (Phi) is 9.84. The number of ether oxygens (including phenoxy) is 2. The number of rotatable bonds is 8. The summed E-state index contributed by atoms with van der Waals surface area (Å²) in [5, 5.41) is 8.06. The molecule has 1 aromatic carbocycles. The molecule has 0 aliphatic rings. The highest BCUT2D eigenvalue weighted by Crippen LogP contribution is 2.26. The standard InChI is InChI=1S/C20H25N5O3.2ClH/c1-13(21)6-7-22-20(26)16-8-15-11-24-25(19(15)23-10-16)12-14-4-5-17(27-2)9-18(14)28-3;;/h4-5,8-11,13H,6-7,12,21H2,1-3H3,(H,22,26);2*1H. The fourth-order valence-corrected chi connectivity index (χ4v) is 2.87. The van der Waals surface area contributed by atoms with Gasteiger partial charge in [-0.05, 0) is 31.5 Å². The first-order valence-electron chi connectivity index (χ1n) is 9.08. The molecular weight excluding hydrogens is 429 g/mol. The maximum absolute atomic E-state index is 12.3. The Morgan fingerprint density at radius 2 is 1.97 bits per heavy atom. The van der Waals surface area contributed by atoms with E-state index in [2.05, 4.69) is 15.4 Å². The molecular formula is C20H27Cl2N5O3. The molecule has 2 heterocycles. The van der Waals surface area contributed by atoms with Crippen LogP contribution >= 0.6 is 24.8 Å². The maximum Gasteiger partial charge on any atom is 0.252 e. The molecule has 8 nitrogen and oxygen atoms in total. The lowest BCUT2D eigenvalue weighted by atomic mass is 10.2. The van der Waals surface area contributed by atoms with Crippen molar-refractivity contribution in [1.29, 1.82) is 0 Å². The highest BCUT2D eigenvalue weighted by atomic mass is 35.5. The van der Waals surface area contributed by atoms with Crippen LogP contribution in [0.2, 0.25) is 0 Å². The van der Waals surface area contributed by atoms with E-state index in [0.717, 1.165) is 23.1 Å². The maximum atomic E-state index is 12.3. The highest BCUT2D eigenvalue weighted by Gasteiger charge is 2.12. The fraction of sp³-hybridized carbons (Fsp3) is 0.350. The second-order valence-electron chi connectivity index (χ2n) is 6.64. The Bertz CT molecular complexity index is 978. The molecule has 30 heavy (non-hydrogen) atoms. The van der Waals surface area contributed by atoms with Crippen LogP contribution in [0.3, 0.4) is 0 Å². The van der Waals surface area contributed by atoms with Crippen LogP contribution in [0.5, 0.6) is 11.5 Å². The molecule has 2 aromatic heterocycles. The van der Waals surface area contributed by atoms with E-state index in [9.17, 15) is 4.79 Å². The third-order valence-electron chi connectivity index (χ3n) is 4.44. The normalized spacial score (nSPS) is 11.2. The highest BCUT2D eigenvalue weighted by molar-refractivity contribution is 5.96. The van der Waals surface area contributed by atoms with Gasteiger partial charge in [-0.1, -0.05) is 0 Å². The van der Waals surface area contributed by atoms with Gasteiger partial charge in [0.25, 0.3) is 5.91 Å². The lowest BCUT2D eigenvalue weighted by Gasteiger charge is -2.11. The number of hydrogen-bond donors (Lipinski definition) is 2. The third kappa shape index (κ3) is 5.98. The summed E-state index contributed by atoms with van der Waals surface area (Å²) in [5.74, 6) is 1.27. The Balaban J connectivity index is 0.00000225. The molecule has 0 spiro atoms. The van der Waals surface area contributed by atoms with Crippen LogP contribution in [-0.2, 0) is 6.54 Å². The summed E-state index contributed by atoms with van der Waals surface area (Å²) in [6.45, 7) is 2.93. The smallest absolute Gasteiger partial charge is 0.252 e. The Morgan fingerprint density at radius 3 is 2.63 bits per heavy atom. The number of aromatic nitrogens is 3. The molecule has 1 atom stereocenters. The number of nitrogens with two attached hydrogens (primary N) is 1. The first kappa shape index (κ1) is 25.5. The van der Waals surface area contributed by atoms with Crippen molar-refractivity contribution >= 4 is 41.8 Å². The quantitative estimate of drug-likeness (QED) is 0.540. The lowest BCUT2D eigenvalue weighted by Crippen LogP contribution is -2.29. The molecule has 0 saturated heterocycles. The van der Waals surface area contributed by atoms with Crippen molar-refractivity contribution in [1.82, 2.24) is 20.1 Å². The van der Waals surface area contributed by atoms with Crippen molar-refractivity contribution in [2.75, 3.05) is 20.8 Å². The van der Waals surface area contributed by atoms with Crippen LogP contribution in [0.4, 0.5) is 0 Å². The average Bonchev–Trinajstić information content (AvgIpc) is 3.10. The minimum Gasteiger partial charge on any atom is -0.497 e. The topological polar surface area (TPSA) is 104 Å². The second kappa shape index (κ2) is 11.6. The van der Waals surface area contributed by atoms with Gasteiger partial charge in [0.2, 0.25) is 0 Å². The molecule has 164 valence electrons. The number of nitrogens with one attached hydrogen (secondary N) is 1. The minimum absolute atomic E-state index is 0. The number of benzene rings is 1. The first-order chi connectivity index (χ1) is 13.5. The van der Waals surface area contributed by atoms with Gasteiger partial charge in [0.15, 0.2) is 5.65 Å². The van der Waals surface area contributed by atoms with Crippen molar-refractivity contribution in [3.63, 3.8) is 0 Å². The fourth-order valence-electron chi connectivity index (χ4n) is 2.87. The molecule has 3 rings (SSSR count). The van der Waals surface area contributed by atoms with Gasteiger partial charge in [0.05, 0.1) is 32.5 Å². The number of fused-ring (bicyclic) bond motifs is 1. The largest absolute Gasteiger partial charge is 0.497 e. The van der Waals surface area contributed by atoms with E-state index in [-0.39, 0.29) is 36.8 Å². The Morgan fingerprint density at radius 1 is 1.20 bits per heavy atom. The number of amides is 1. The zero-order valence-corrected chi connectivity index (χ0v) is 18.8. The van der Waals surface area contributed by atoms with Crippen molar-refractivity contribution in [2.45, 2.75) is 25.9 Å². The van der Waals surface area contributed by atoms with Crippen molar-refractivity contribution in [2.24, 2.45) is 5.73 Å². The van der Waals surface area contributed by atoms with Gasteiger partial charge >= 0.3 is 0 Å². The number of carbonyl (C=O) groups excluding carboxylic acids is 1. The SMILES string of the molecule is COc1ccc(Cn2ncc3cc(C(=O)NCCC(C)N)cnc32)c(OC)c1.Cl.Cl. The van der Waals surface area contributed by atoms with E-state index < -0.39 is 0 Å². The molecule has 3 aromatic rings. The summed E-state index contributed by atoms with van der Waals surface area (Å²) in [4.78, 5) is 16.7. The molecule has 1 amide bonds. The van der Waals surface area contributed by atoms with E-state index in [4.69, 9.17) is 15.2 Å². The zero-order chi connectivity index (χ0) is 20.1. The molecule has 3 N–H and O–H groups in total. The van der Waals surface area contributed by atoms with E-state index in [1.807, 2.05) is 25.1 Å². The molecule has 0 aliphatic heterocycles. The van der Waals surface area contributed by atoms with E-state index in [0.29, 0.717) is 30.0 Å². The number of nitrogens with zero attached hydrogens (tertiary/aromatic N) is 3. The molecule has 1 unspecified atom stereocenters. The third-order valence-corrected chi connectivity index (χ3v) is 4.44. The number of pyridine rings is 1. The second-order valence-corrected chi connectivity index (χ2v) is 6.64. The molecule has 0 radical (unpaired) electrons. The Hall–Kier alpha value is -2.55. The number of carbonyl (C=O) groups is 1. The number of methoxy groups -OCH3 is 2. The van der Waals surface area contributed by atoms with E-state index >= 15 is 0 Å². The minimum atomic E-state index is -0.167. The summed E-state index contributed by atoms with van der Waals surface area (Å²) in [5.41, 5.74) is 7.85. The lowest BCUT2D eigenvalue weighted by molar-refractivity contribution is 0.0952. The summed E-state index contributed by atoms with van der Waals surface area (Å²) in [6.07, 6.45) is 3.99. The molecule has 0 bridgehead atoms. The van der Waals surface area contributed by atoms with E-state index in [1.54, 1.807) is 37.4 Å². The van der Waals surface area contributed by atoms with Crippen molar-refractivity contribution < 1.29 is 14.3 Å². The van der Waals surface area contributed by atoms with Crippen LogP contribution in [-0.4, -0.2) is 47.5 Å². The number of halogens is 2. The summed E-state index contributed by atoms with van der Waals surface area (Å²) in [6, 6.07) is 7.49. The van der Waals surface area contributed by atoms with Gasteiger partial charge in [-0.3, -0.25) is 4.79 Å². The van der Waals surface area contributed by atoms with Crippen LogP contribution < -0.4 is 20.5 Å². The van der Waals surface area contributed by atoms with E-state index in [1.165, 1.54) is 0 Å². The van der Waals surface area contributed by atoms with Crippen molar-refractivity contribution in [3.05, 3.63) is 47.8 Å². The zero-order valence-electron chi connectivity index (χ0n) is 17.1. The van der Waals surface area contributed by atoms with Gasteiger partial charge in [0.1, 0.15) is 11.5 Å². The predicted octanol–water partition coefficient (Wildman–Crippen LogP) is 2.81. The number of hydrogen-bond acceptors (Lipinski definition) is 6. The van der Waals surface area contributed by atoms with Gasteiger partial charge in [-0.2, -0.15) is 5.10 Å². The Labute approximate surface area is 188 Å². The summed E-state index contributed by atoms with van der Waals surface area (Å²) in [7, 11) is 3.23. The van der Waals surface area contributed by atoms with Crippen LogP contribution in [0.25, 0.3) is 11.0 Å². The molecule has 0 fully saturated rings. The summed E-state index contributed by atoms with van der Waals surface area (Å²) < 4.78 is 12.5. The van der Waals surface area contributed by atoms with Gasteiger partial charge in [-0.25, -0.2) is 9.67 Å². The van der Waals surface area contributed by atoms with Crippen LogP contribution in [0, 0.1) is 0 Å². The molecule has 0 saturated carbocycles. The first-order valence-corrected chi connectivity index (χ1v) is 9.08. The molecule has 10 heteroatoms. The van der Waals surface area contributed by atoms with Gasteiger partial charge in [-0.15, -0.1) is 24.8 Å². The molecule has 0 aliphatic carbocycles. The predicted molar refractivity (Wildman–Crippen MR) is 121 cm³/mol. The van der Waals surface area contributed by atoms with Crippen LogP contribution in [0.1, 0.15) is 29.3 Å². The monoisotopic (exact) mass is 455 g/mol. The van der Waals surface area contributed by atoms with Gasteiger partial charge in [0, 0.05) is 35.8 Å². The van der Waals surface area contributed by atoms with Crippen LogP contribution in [0.15, 0.2) is 36.7 Å². The average molecular weight is 456 g/mol. The van der Waals surface area contributed by atoms with Crippen molar-refractivity contribution in [3.8, 4) is 11.5 Å². The summed E-state index contributed by atoms with van der Waals surface area (Å²) >= 11 is 0.